The number of benzene rings is 1. The van der Waals surface area contributed by atoms with Gasteiger partial charge in [-0.1, -0.05) is 23.5 Å². The van der Waals surface area contributed by atoms with E-state index in [1.807, 2.05) is 25.1 Å². The Hall–Kier alpha value is -2.35. The second kappa shape index (κ2) is 7.96. The first-order chi connectivity index (χ1) is 11.8. The van der Waals surface area contributed by atoms with Crippen molar-refractivity contribution >= 4 is 33.3 Å². The zero-order valence-electron chi connectivity index (χ0n) is 13.6. The van der Waals surface area contributed by atoms with Gasteiger partial charge in [0.1, 0.15) is 5.75 Å². The fraction of sp³-hybridized carbons (Fsp3) is 0.438. The number of ether oxygens (including phenoxy) is 1. The number of para-hydroxylation sites is 2. The lowest BCUT2D eigenvalue weighted by molar-refractivity contribution is 0.262. The Labute approximate surface area is 145 Å². The van der Waals surface area contributed by atoms with E-state index >= 15 is 0 Å². The fourth-order valence-corrected chi connectivity index (χ4v) is 3.37. The summed E-state index contributed by atoms with van der Waals surface area (Å²) in [5.41, 5.74) is 0.623. The van der Waals surface area contributed by atoms with Crippen LogP contribution in [0.4, 0.5) is 20.7 Å². The summed E-state index contributed by atoms with van der Waals surface area (Å²) < 4.78 is 5.50. The number of carbonyl (C=O) groups is 1. The smallest absolute Gasteiger partial charge is 0.325 e. The van der Waals surface area contributed by atoms with Crippen molar-refractivity contribution in [2.45, 2.75) is 26.2 Å². The van der Waals surface area contributed by atoms with Gasteiger partial charge in [-0.3, -0.25) is 5.32 Å². The maximum absolute atomic E-state index is 12.2. The molecule has 128 valence electrons. The van der Waals surface area contributed by atoms with Crippen molar-refractivity contribution in [1.82, 2.24) is 10.2 Å². The number of hydrogen-bond donors (Lipinski definition) is 2. The van der Waals surface area contributed by atoms with E-state index in [0.29, 0.717) is 23.2 Å². The first kappa shape index (κ1) is 16.5. The summed E-state index contributed by atoms with van der Waals surface area (Å²) in [5.74, 6) is 0.640. The predicted molar refractivity (Wildman–Crippen MR) is 96.2 cm³/mol. The molecule has 7 nitrogen and oxygen atoms in total. The standard InChI is InChI=1S/C16H21N5O2S/c1-2-23-13-9-5-4-8-12(13)17-14(22)18-15-19-20-16(24-15)21-10-6-3-7-11-21/h4-5,8-9H,2-3,6-7,10-11H2,1H3,(H2,17,18,19,22). The van der Waals surface area contributed by atoms with Crippen molar-refractivity contribution in [3.8, 4) is 5.75 Å². The predicted octanol–water partition coefficient (Wildman–Crippen LogP) is 3.57. The Kier molecular flexibility index (Phi) is 5.47. The largest absolute Gasteiger partial charge is 0.492 e. The Morgan fingerprint density at radius 3 is 2.79 bits per heavy atom. The number of anilines is 3. The molecule has 1 saturated heterocycles. The zero-order chi connectivity index (χ0) is 16.8. The lowest BCUT2D eigenvalue weighted by atomic mass is 10.1. The lowest BCUT2D eigenvalue weighted by Crippen LogP contribution is -2.29. The Morgan fingerprint density at radius 2 is 2.00 bits per heavy atom. The van der Waals surface area contributed by atoms with Crippen molar-refractivity contribution in [3.05, 3.63) is 24.3 Å². The first-order valence-electron chi connectivity index (χ1n) is 8.14. The minimum Gasteiger partial charge on any atom is -0.492 e. The van der Waals surface area contributed by atoms with Crippen molar-refractivity contribution in [1.29, 1.82) is 0 Å². The van der Waals surface area contributed by atoms with Crippen molar-refractivity contribution in [3.63, 3.8) is 0 Å². The molecule has 24 heavy (non-hydrogen) atoms. The van der Waals surface area contributed by atoms with Crippen LogP contribution in [0.25, 0.3) is 0 Å². The van der Waals surface area contributed by atoms with E-state index in [9.17, 15) is 4.79 Å². The van der Waals surface area contributed by atoms with Gasteiger partial charge in [-0.25, -0.2) is 4.79 Å². The molecule has 2 N–H and O–H groups in total. The van der Waals surface area contributed by atoms with Gasteiger partial charge in [0.2, 0.25) is 10.3 Å². The number of carbonyl (C=O) groups excluding carboxylic acids is 1. The van der Waals surface area contributed by atoms with Gasteiger partial charge < -0.3 is 15.0 Å². The summed E-state index contributed by atoms with van der Waals surface area (Å²) in [7, 11) is 0. The van der Waals surface area contributed by atoms with Gasteiger partial charge in [-0.05, 0) is 38.3 Å². The molecule has 1 fully saturated rings. The van der Waals surface area contributed by atoms with Crippen molar-refractivity contribution in [2.75, 3.05) is 35.2 Å². The minimum atomic E-state index is -0.358. The molecule has 2 amide bonds. The van der Waals surface area contributed by atoms with Gasteiger partial charge in [0.15, 0.2) is 0 Å². The average molecular weight is 347 g/mol. The van der Waals surface area contributed by atoms with Crippen LogP contribution in [0.15, 0.2) is 24.3 Å². The highest BCUT2D eigenvalue weighted by Gasteiger charge is 2.16. The van der Waals surface area contributed by atoms with Crippen molar-refractivity contribution < 1.29 is 9.53 Å². The van der Waals surface area contributed by atoms with Crippen molar-refractivity contribution in [2.24, 2.45) is 0 Å². The number of urea groups is 1. The highest BCUT2D eigenvalue weighted by Crippen LogP contribution is 2.27. The number of rotatable bonds is 5. The summed E-state index contributed by atoms with van der Waals surface area (Å²) in [6, 6.07) is 6.97. The second-order valence-corrected chi connectivity index (χ2v) is 6.40. The van der Waals surface area contributed by atoms with Gasteiger partial charge in [0.05, 0.1) is 12.3 Å². The second-order valence-electron chi connectivity index (χ2n) is 5.45. The van der Waals surface area contributed by atoms with Crippen LogP contribution in [-0.2, 0) is 0 Å². The van der Waals surface area contributed by atoms with Crippen LogP contribution in [-0.4, -0.2) is 35.9 Å². The summed E-state index contributed by atoms with van der Waals surface area (Å²) >= 11 is 1.39. The van der Waals surface area contributed by atoms with Crippen LogP contribution in [0.3, 0.4) is 0 Å². The summed E-state index contributed by atoms with van der Waals surface area (Å²) in [4.78, 5) is 14.4. The monoisotopic (exact) mass is 347 g/mol. The van der Waals surface area contributed by atoms with Crippen LogP contribution < -0.4 is 20.3 Å². The fourth-order valence-electron chi connectivity index (χ4n) is 2.58. The molecular formula is C16H21N5O2S. The first-order valence-corrected chi connectivity index (χ1v) is 8.96. The van der Waals surface area contributed by atoms with Crippen LogP contribution in [0.2, 0.25) is 0 Å². The van der Waals surface area contributed by atoms with Gasteiger partial charge in [-0.2, -0.15) is 0 Å². The van der Waals surface area contributed by atoms with Crippen LogP contribution in [0.1, 0.15) is 26.2 Å². The van der Waals surface area contributed by atoms with Gasteiger partial charge in [0, 0.05) is 13.1 Å². The molecule has 3 rings (SSSR count). The number of hydrogen-bond acceptors (Lipinski definition) is 6. The molecule has 2 heterocycles. The Balaban J connectivity index is 1.60. The van der Waals surface area contributed by atoms with E-state index in [2.05, 4.69) is 25.7 Å². The third kappa shape index (κ3) is 4.14. The minimum absolute atomic E-state index is 0.358. The van der Waals surface area contributed by atoms with Gasteiger partial charge in [-0.15, -0.1) is 10.2 Å². The SMILES string of the molecule is CCOc1ccccc1NC(=O)Nc1nnc(N2CCCCC2)s1. The molecule has 1 aromatic carbocycles. The molecule has 8 heteroatoms. The van der Waals surface area contributed by atoms with E-state index < -0.39 is 0 Å². The number of amides is 2. The van der Waals surface area contributed by atoms with E-state index in [4.69, 9.17) is 4.74 Å². The van der Waals surface area contributed by atoms with Crippen LogP contribution in [0, 0.1) is 0 Å². The number of nitrogens with one attached hydrogen (secondary N) is 2. The highest BCUT2D eigenvalue weighted by molar-refractivity contribution is 7.19. The maximum Gasteiger partial charge on any atom is 0.325 e. The lowest BCUT2D eigenvalue weighted by Gasteiger charge is -2.25. The molecule has 1 aliphatic rings. The average Bonchev–Trinajstić information content (AvgIpc) is 3.06. The highest BCUT2D eigenvalue weighted by atomic mass is 32.1. The molecule has 0 radical (unpaired) electrons. The maximum atomic E-state index is 12.2. The molecule has 0 saturated carbocycles. The van der Waals surface area contributed by atoms with Crippen LogP contribution >= 0.6 is 11.3 Å². The topological polar surface area (TPSA) is 79.4 Å². The van der Waals surface area contributed by atoms with Gasteiger partial charge >= 0.3 is 6.03 Å². The molecule has 1 aliphatic heterocycles. The van der Waals surface area contributed by atoms with E-state index in [0.717, 1.165) is 18.2 Å². The number of piperidine rings is 1. The molecule has 0 aliphatic carbocycles. The molecule has 0 spiro atoms. The summed E-state index contributed by atoms with van der Waals surface area (Å²) in [6.07, 6.45) is 3.62. The van der Waals surface area contributed by atoms with Gasteiger partial charge in [0.25, 0.3) is 0 Å². The molecule has 2 aromatic rings. The molecule has 1 aromatic heterocycles. The number of nitrogens with zero attached hydrogens (tertiary/aromatic N) is 3. The van der Waals surface area contributed by atoms with E-state index in [1.54, 1.807) is 6.07 Å². The zero-order valence-corrected chi connectivity index (χ0v) is 14.4. The summed E-state index contributed by atoms with van der Waals surface area (Å²) in [5, 5.41) is 15.1. The molecule has 0 atom stereocenters. The molecule has 0 unspecified atom stereocenters. The quantitative estimate of drug-likeness (QED) is 0.864. The Morgan fingerprint density at radius 1 is 1.21 bits per heavy atom. The number of aromatic nitrogens is 2. The third-order valence-electron chi connectivity index (χ3n) is 3.70. The summed E-state index contributed by atoms with van der Waals surface area (Å²) in [6.45, 7) is 4.45. The molecular weight excluding hydrogens is 326 g/mol. The van der Waals surface area contributed by atoms with E-state index in [-0.39, 0.29) is 6.03 Å². The van der Waals surface area contributed by atoms with Crippen LogP contribution in [0.5, 0.6) is 5.75 Å². The normalized spacial score (nSPS) is 14.3. The molecule has 0 bridgehead atoms. The third-order valence-corrected chi connectivity index (χ3v) is 4.60. The Bertz CT molecular complexity index is 685. The van der Waals surface area contributed by atoms with E-state index in [1.165, 1.54) is 30.6 Å².